The van der Waals surface area contributed by atoms with Gasteiger partial charge in [0.2, 0.25) is 0 Å². The van der Waals surface area contributed by atoms with Gasteiger partial charge >= 0.3 is 5.97 Å². The summed E-state index contributed by atoms with van der Waals surface area (Å²) in [7, 11) is 1.57. The molecule has 0 radical (unpaired) electrons. The van der Waals surface area contributed by atoms with Gasteiger partial charge in [-0.1, -0.05) is 54.1 Å². The molecule has 3 rings (SSSR count). The van der Waals surface area contributed by atoms with Gasteiger partial charge in [0.15, 0.2) is 0 Å². The first-order valence-corrected chi connectivity index (χ1v) is 11.1. The summed E-state index contributed by atoms with van der Waals surface area (Å²) in [6.45, 7) is 1.82. The van der Waals surface area contributed by atoms with Crippen LogP contribution in [0.5, 0.6) is 5.75 Å². The lowest BCUT2D eigenvalue weighted by atomic mass is 10.0. The zero-order chi connectivity index (χ0) is 23.6. The van der Waals surface area contributed by atoms with Crippen LogP contribution in [0.1, 0.15) is 27.6 Å². The van der Waals surface area contributed by atoms with Crippen LogP contribution in [0, 0.1) is 0 Å². The Hall–Kier alpha value is -2.61. The fourth-order valence-electron chi connectivity index (χ4n) is 3.40. The molecule has 0 amide bonds. The number of benzene rings is 3. The van der Waals surface area contributed by atoms with Crippen molar-refractivity contribution in [3.63, 3.8) is 0 Å². The number of carbonyl (C=O) groups is 1. The average molecular weight is 506 g/mol. The third-order valence-corrected chi connectivity index (χ3v) is 5.44. The molecular formula is C26H29Cl2NO5. The van der Waals surface area contributed by atoms with E-state index in [2.05, 4.69) is 5.32 Å². The highest BCUT2D eigenvalue weighted by atomic mass is 35.5. The van der Waals surface area contributed by atoms with E-state index in [-0.39, 0.29) is 24.6 Å². The van der Waals surface area contributed by atoms with Gasteiger partial charge in [0.05, 0.1) is 12.7 Å². The van der Waals surface area contributed by atoms with Gasteiger partial charge in [-0.25, -0.2) is 4.79 Å². The van der Waals surface area contributed by atoms with Crippen molar-refractivity contribution < 1.29 is 24.5 Å². The standard InChI is InChI=1S/C26H28ClNO5.ClH/c1-32-13-14-33-25-16-20(9-10-23(25)26(30)31)19-7-5-18(6-8-19)11-12-28-17-24(29)21-3-2-4-22(27)15-21;/h2-10,15-16,24,28-29H,11-14,17H2,1H3,(H,30,31);1H/t24-;/m0./s1. The van der Waals surface area contributed by atoms with Crippen LogP contribution in [0.2, 0.25) is 5.02 Å². The van der Waals surface area contributed by atoms with Gasteiger partial charge in [-0.15, -0.1) is 12.4 Å². The van der Waals surface area contributed by atoms with Crippen LogP contribution >= 0.6 is 24.0 Å². The molecule has 0 bridgehead atoms. The molecule has 6 nitrogen and oxygen atoms in total. The second-order valence-electron chi connectivity index (χ2n) is 7.58. The summed E-state index contributed by atoms with van der Waals surface area (Å²) in [5.74, 6) is -0.708. The number of halogens is 2. The summed E-state index contributed by atoms with van der Waals surface area (Å²) in [6.07, 6.45) is 0.200. The highest BCUT2D eigenvalue weighted by Crippen LogP contribution is 2.28. The summed E-state index contributed by atoms with van der Waals surface area (Å²) >= 11 is 5.98. The molecule has 0 aliphatic rings. The molecule has 0 heterocycles. The minimum absolute atomic E-state index is 0. The minimum atomic E-state index is -1.03. The molecule has 0 aliphatic heterocycles. The Morgan fingerprint density at radius 1 is 1.03 bits per heavy atom. The Kier molecular flexibility index (Phi) is 11.3. The third-order valence-electron chi connectivity index (χ3n) is 5.21. The van der Waals surface area contributed by atoms with E-state index in [1.54, 1.807) is 37.4 Å². The topological polar surface area (TPSA) is 88.0 Å². The fraction of sp³-hybridized carbons (Fsp3) is 0.269. The Morgan fingerprint density at radius 3 is 2.44 bits per heavy atom. The number of carboxylic acids is 1. The van der Waals surface area contributed by atoms with E-state index in [9.17, 15) is 15.0 Å². The number of nitrogens with one attached hydrogen (secondary N) is 1. The molecule has 34 heavy (non-hydrogen) atoms. The first kappa shape index (κ1) is 27.6. The molecule has 3 aromatic carbocycles. The second-order valence-corrected chi connectivity index (χ2v) is 8.02. The molecule has 0 saturated heterocycles. The number of rotatable bonds is 12. The maximum atomic E-state index is 11.5. The lowest BCUT2D eigenvalue weighted by Crippen LogP contribution is -2.23. The number of aliphatic hydroxyl groups excluding tert-OH is 1. The molecule has 1 atom stereocenters. The van der Waals surface area contributed by atoms with Gasteiger partial charge in [0.1, 0.15) is 17.9 Å². The van der Waals surface area contributed by atoms with Crippen molar-refractivity contribution in [2.45, 2.75) is 12.5 Å². The van der Waals surface area contributed by atoms with Crippen LogP contribution in [-0.4, -0.2) is 49.6 Å². The molecule has 3 N–H and O–H groups in total. The number of ether oxygens (including phenoxy) is 2. The fourth-order valence-corrected chi connectivity index (χ4v) is 3.60. The van der Waals surface area contributed by atoms with Crippen molar-refractivity contribution >= 4 is 30.0 Å². The average Bonchev–Trinajstić information content (AvgIpc) is 2.82. The Bertz CT molecular complexity index is 1060. The maximum Gasteiger partial charge on any atom is 0.339 e. The smallest absolute Gasteiger partial charge is 0.339 e. The van der Waals surface area contributed by atoms with Crippen LogP contribution < -0.4 is 10.1 Å². The molecule has 0 aliphatic carbocycles. The highest BCUT2D eigenvalue weighted by molar-refractivity contribution is 6.30. The quantitative estimate of drug-likeness (QED) is 0.299. The Labute approximate surface area is 210 Å². The van der Waals surface area contributed by atoms with Gasteiger partial charge < -0.3 is 25.0 Å². The predicted molar refractivity (Wildman–Crippen MR) is 136 cm³/mol. The number of hydrogen-bond donors (Lipinski definition) is 3. The van der Waals surface area contributed by atoms with E-state index >= 15 is 0 Å². The van der Waals surface area contributed by atoms with Crippen molar-refractivity contribution in [2.75, 3.05) is 33.4 Å². The normalized spacial score (nSPS) is 11.5. The van der Waals surface area contributed by atoms with E-state index in [0.717, 1.165) is 35.2 Å². The molecule has 0 saturated carbocycles. The van der Waals surface area contributed by atoms with Gasteiger partial charge in [-0.05, 0) is 59.5 Å². The summed E-state index contributed by atoms with van der Waals surface area (Å²) in [4.78, 5) is 11.5. The van der Waals surface area contributed by atoms with E-state index < -0.39 is 12.1 Å². The zero-order valence-electron chi connectivity index (χ0n) is 18.9. The second kappa shape index (κ2) is 13.9. The highest BCUT2D eigenvalue weighted by Gasteiger charge is 2.13. The summed E-state index contributed by atoms with van der Waals surface area (Å²) in [6, 6.07) is 20.4. The molecule has 0 spiro atoms. The zero-order valence-corrected chi connectivity index (χ0v) is 20.4. The summed E-state index contributed by atoms with van der Waals surface area (Å²) in [5, 5.41) is 23.5. The van der Waals surface area contributed by atoms with Gasteiger partial charge in [0, 0.05) is 18.7 Å². The van der Waals surface area contributed by atoms with Crippen LogP contribution in [-0.2, 0) is 11.2 Å². The molecule has 3 aromatic rings. The number of methoxy groups -OCH3 is 1. The van der Waals surface area contributed by atoms with Gasteiger partial charge in [-0.2, -0.15) is 0 Å². The minimum Gasteiger partial charge on any atom is -0.490 e. The van der Waals surface area contributed by atoms with Crippen LogP contribution in [0.15, 0.2) is 66.7 Å². The van der Waals surface area contributed by atoms with E-state index in [0.29, 0.717) is 23.9 Å². The number of hydrogen-bond acceptors (Lipinski definition) is 5. The lowest BCUT2D eigenvalue weighted by molar-refractivity contribution is 0.0689. The first-order chi connectivity index (χ1) is 16.0. The van der Waals surface area contributed by atoms with Crippen molar-refractivity contribution in [3.05, 3.63) is 88.4 Å². The Balaban J connectivity index is 0.00000408. The van der Waals surface area contributed by atoms with Crippen molar-refractivity contribution in [1.82, 2.24) is 5.32 Å². The lowest BCUT2D eigenvalue weighted by Gasteiger charge is -2.13. The van der Waals surface area contributed by atoms with E-state index in [1.807, 2.05) is 36.4 Å². The molecular weight excluding hydrogens is 477 g/mol. The third kappa shape index (κ3) is 8.01. The molecule has 0 unspecified atom stereocenters. The van der Waals surface area contributed by atoms with E-state index in [1.165, 1.54) is 0 Å². The predicted octanol–water partition coefficient (Wildman–Crippen LogP) is 5.02. The van der Waals surface area contributed by atoms with Crippen LogP contribution in [0.3, 0.4) is 0 Å². The summed E-state index contributed by atoms with van der Waals surface area (Å²) in [5.41, 5.74) is 3.91. The number of aromatic carboxylic acids is 1. The Morgan fingerprint density at radius 2 is 1.76 bits per heavy atom. The van der Waals surface area contributed by atoms with Gasteiger partial charge in [0.25, 0.3) is 0 Å². The number of aliphatic hydroxyl groups is 1. The molecule has 182 valence electrons. The number of carboxylic acid groups (broad SMARTS) is 1. The van der Waals surface area contributed by atoms with Crippen LogP contribution in [0.4, 0.5) is 0 Å². The molecule has 0 fully saturated rings. The van der Waals surface area contributed by atoms with Crippen molar-refractivity contribution in [2.24, 2.45) is 0 Å². The van der Waals surface area contributed by atoms with Crippen molar-refractivity contribution in [3.8, 4) is 16.9 Å². The SMILES string of the molecule is COCCOc1cc(-c2ccc(CCNC[C@H](O)c3cccc(Cl)c3)cc2)ccc1C(=O)O.Cl. The monoisotopic (exact) mass is 505 g/mol. The largest absolute Gasteiger partial charge is 0.490 e. The molecule has 0 aromatic heterocycles. The maximum absolute atomic E-state index is 11.5. The first-order valence-electron chi connectivity index (χ1n) is 10.7. The van der Waals surface area contributed by atoms with E-state index in [4.69, 9.17) is 21.1 Å². The summed E-state index contributed by atoms with van der Waals surface area (Å²) < 4.78 is 10.6. The molecule has 8 heteroatoms. The van der Waals surface area contributed by atoms with Gasteiger partial charge in [-0.3, -0.25) is 0 Å². The van der Waals surface area contributed by atoms with Crippen LogP contribution in [0.25, 0.3) is 11.1 Å². The van der Waals surface area contributed by atoms with Crippen molar-refractivity contribution in [1.29, 1.82) is 0 Å².